The quantitative estimate of drug-likeness (QED) is 0.831. The van der Waals surface area contributed by atoms with Crippen LogP contribution < -0.4 is 5.32 Å². The zero-order chi connectivity index (χ0) is 14.4. The third-order valence-corrected chi connectivity index (χ3v) is 3.01. The van der Waals surface area contributed by atoms with E-state index in [0.717, 1.165) is 31.0 Å². The van der Waals surface area contributed by atoms with E-state index in [1.54, 1.807) is 24.9 Å². The van der Waals surface area contributed by atoms with Crippen LogP contribution in [0.5, 0.6) is 0 Å². The minimum Gasteiger partial charge on any atom is -0.308 e. The van der Waals surface area contributed by atoms with Crippen LogP contribution in [-0.2, 0) is 13.0 Å². The van der Waals surface area contributed by atoms with E-state index in [4.69, 9.17) is 0 Å². The second kappa shape index (κ2) is 7.09. The van der Waals surface area contributed by atoms with Gasteiger partial charge in [-0.1, -0.05) is 20.8 Å². The summed E-state index contributed by atoms with van der Waals surface area (Å²) in [5.74, 6) is 1.53. The second-order valence-electron chi connectivity index (χ2n) is 5.20. The van der Waals surface area contributed by atoms with Gasteiger partial charge >= 0.3 is 0 Å². The minimum absolute atomic E-state index is 0.115. The van der Waals surface area contributed by atoms with E-state index in [1.165, 1.54) is 0 Å². The molecule has 2 aromatic rings. The molecule has 0 fully saturated rings. The second-order valence-corrected chi connectivity index (χ2v) is 5.20. The Labute approximate surface area is 119 Å². The number of hydrogen-bond donors (Lipinski definition) is 1. The van der Waals surface area contributed by atoms with Crippen molar-refractivity contribution in [3.8, 4) is 0 Å². The highest BCUT2D eigenvalue weighted by atomic mass is 15.3. The van der Waals surface area contributed by atoms with Crippen molar-refractivity contribution in [3.05, 3.63) is 36.4 Å². The van der Waals surface area contributed by atoms with Crippen LogP contribution in [0.2, 0.25) is 0 Å². The molecule has 0 aromatic carbocycles. The molecule has 0 saturated heterocycles. The fourth-order valence-electron chi connectivity index (χ4n) is 2.15. The molecule has 1 N–H and O–H groups in total. The molecule has 0 aliphatic rings. The van der Waals surface area contributed by atoms with Crippen LogP contribution in [-0.4, -0.2) is 31.3 Å². The summed E-state index contributed by atoms with van der Waals surface area (Å²) in [6, 6.07) is 0.115. The molecule has 0 bridgehead atoms. The smallest absolute Gasteiger partial charge is 0.138 e. The Morgan fingerprint density at radius 1 is 1.25 bits per heavy atom. The van der Waals surface area contributed by atoms with E-state index in [1.807, 2.05) is 4.68 Å². The van der Waals surface area contributed by atoms with Crippen molar-refractivity contribution >= 4 is 0 Å². The van der Waals surface area contributed by atoms with E-state index in [-0.39, 0.29) is 6.04 Å². The molecular weight excluding hydrogens is 252 g/mol. The maximum atomic E-state index is 4.39. The molecule has 20 heavy (non-hydrogen) atoms. The van der Waals surface area contributed by atoms with E-state index in [0.29, 0.717) is 5.92 Å². The number of nitrogens with zero attached hydrogens (tertiary/aromatic N) is 5. The summed E-state index contributed by atoms with van der Waals surface area (Å²) >= 11 is 0. The van der Waals surface area contributed by atoms with Gasteiger partial charge in [-0.25, -0.2) is 9.67 Å². The average Bonchev–Trinajstić information content (AvgIpc) is 2.86. The summed E-state index contributed by atoms with van der Waals surface area (Å²) in [5, 5.41) is 7.74. The Bertz CT molecular complexity index is 507. The van der Waals surface area contributed by atoms with Crippen molar-refractivity contribution in [3.63, 3.8) is 0 Å². The van der Waals surface area contributed by atoms with Crippen molar-refractivity contribution < 1.29 is 0 Å². The predicted molar refractivity (Wildman–Crippen MR) is 77.0 cm³/mol. The van der Waals surface area contributed by atoms with Crippen molar-refractivity contribution in [1.29, 1.82) is 0 Å². The van der Waals surface area contributed by atoms with Crippen molar-refractivity contribution in [2.24, 2.45) is 5.92 Å². The number of nitrogens with one attached hydrogen (secondary N) is 1. The summed E-state index contributed by atoms with van der Waals surface area (Å²) in [4.78, 5) is 12.9. The molecule has 2 heterocycles. The fraction of sp³-hybridized carbons (Fsp3) is 0.571. The molecule has 0 amide bonds. The molecule has 6 heteroatoms. The number of aromatic nitrogens is 5. The van der Waals surface area contributed by atoms with Crippen LogP contribution in [0.3, 0.4) is 0 Å². The average molecular weight is 274 g/mol. The molecule has 1 atom stereocenters. The fourth-order valence-corrected chi connectivity index (χ4v) is 2.15. The van der Waals surface area contributed by atoms with Gasteiger partial charge in [-0.05, 0) is 12.5 Å². The summed E-state index contributed by atoms with van der Waals surface area (Å²) in [5.41, 5.74) is 0.938. The lowest BCUT2D eigenvalue weighted by Gasteiger charge is -2.17. The highest BCUT2D eigenvalue weighted by Gasteiger charge is 2.16. The van der Waals surface area contributed by atoms with Gasteiger partial charge in [-0.3, -0.25) is 9.97 Å². The summed E-state index contributed by atoms with van der Waals surface area (Å²) in [7, 11) is 0. The Kier molecular flexibility index (Phi) is 5.17. The molecule has 2 rings (SSSR count). The first-order chi connectivity index (χ1) is 9.70. The van der Waals surface area contributed by atoms with Crippen molar-refractivity contribution in [2.45, 2.75) is 39.8 Å². The first kappa shape index (κ1) is 14.6. The third kappa shape index (κ3) is 3.84. The SMILES string of the molecule is CCNC(Cc1ncnn1CC(C)C)c1cnccn1. The summed E-state index contributed by atoms with van der Waals surface area (Å²) in [6.07, 6.45) is 7.60. The van der Waals surface area contributed by atoms with Crippen LogP contribution in [0, 0.1) is 5.92 Å². The standard InChI is InChI=1S/C14H22N6/c1-4-16-12(13-8-15-5-6-17-13)7-14-18-10-19-20(14)9-11(2)3/h5-6,8,10-12,16H,4,7,9H2,1-3H3. The summed E-state index contributed by atoms with van der Waals surface area (Å²) < 4.78 is 1.98. The summed E-state index contributed by atoms with van der Waals surface area (Å²) in [6.45, 7) is 8.20. The molecule has 0 spiro atoms. The first-order valence-electron chi connectivity index (χ1n) is 7.06. The van der Waals surface area contributed by atoms with Crippen molar-refractivity contribution in [1.82, 2.24) is 30.0 Å². The largest absolute Gasteiger partial charge is 0.308 e. The molecular formula is C14H22N6. The van der Waals surface area contributed by atoms with Gasteiger partial charge < -0.3 is 5.32 Å². The molecule has 0 aliphatic carbocycles. The number of hydrogen-bond acceptors (Lipinski definition) is 5. The maximum absolute atomic E-state index is 4.39. The lowest BCUT2D eigenvalue weighted by atomic mass is 10.1. The lowest BCUT2D eigenvalue weighted by Crippen LogP contribution is -2.25. The Morgan fingerprint density at radius 3 is 2.75 bits per heavy atom. The monoisotopic (exact) mass is 274 g/mol. The molecule has 0 saturated carbocycles. The molecule has 6 nitrogen and oxygen atoms in total. The molecule has 0 radical (unpaired) electrons. The molecule has 108 valence electrons. The van der Waals surface area contributed by atoms with Gasteiger partial charge in [0.2, 0.25) is 0 Å². The van der Waals surface area contributed by atoms with Gasteiger partial charge in [-0.15, -0.1) is 0 Å². The van der Waals surface area contributed by atoms with Gasteiger partial charge in [0.1, 0.15) is 12.2 Å². The van der Waals surface area contributed by atoms with E-state index in [2.05, 4.69) is 46.1 Å². The van der Waals surface area contributed by atoms with Crippen LogP contribution >= 0.6 is 0 Å². The molecule has 1 unspecified atom stereocenters. The Hall–Kier alpha value is -1.82. The van der Waals surface area contributed by atoms with E-state index >= 15 is 0 Å². The highest BCUT2D eigenvalue weighted by Crippen LogP contribution is 2.14. The zero-order valence-corrected chi connectivity index (χ0v) is 12.3. The first-order valence-corrected chi connectivity index (χ1v) is 7.06. The predicted octanol–water partition coefficient (Wildman–Crippen LogP) is 1.62. The topological polar surface area (TPSA) is 68.5 Å². The molecule has 2 aromatic heterocycles. The van der Waals surface area contributed by atoms with Crippen molar-refractivity contribution in [2.75, 3.05) is 6.54 Å². The maximum Gasteiger partial charge on any atom is 0.138 e. The Balaban J connectivity index is 2.14. The highest BCUT2D eigenvalue weighted by molar-refractivity contribution is 5.06. The molecule has 0 aliphatic heterocycles. The lowest BCUT2D eigenvalue weighted by molar-refractivity contribution is 0.444. The third-order valence-electron chi connectivity index (χ3n) is 3.01. The van der Waals surface area contributed by atoms with Gasteiger partial charge in [0.05, 0.1) is 11.7 Å². The number of likely N-dealkylation sites (N-methyl/N-ethyl adjacent to an activating group) is 1. The van der Waals surface area contributed by atoms with Gasteiger partial charge in [0.15, 0.2) is 0 Å². The van der Waals surface area contributed by atoms with E-state index < -0.39 is 0 Å². The van der Waals surface area contributed by atoms with Gasteiger partial charge in [0.25, 0.3) is 0 Å². The van der Waals surface area contributed by atoms with Gasteiger partial charge in [0, 0.05) is 31.6 Å². The zero-order valence-electron chi connectivity index (χ0n) is 12.3. The van der Waals surface area contributed by atoms with Crippen LogP contribution in [0.4, 0.5) is 0 Å². The van der Waals surface area contributed by atoms with E-state index in [9.17, 15) is 0 Å². The van der Waals surface area contributed by atoms with Gasteiger partial charge in [-0.2, -0.15) is 5.10 Å². The number of rotatable bonds is 7. The minimum atomic E-state index is 0.115. The normalized spacial score (nSPS) is 12.8. The Morgan fingerprint density at radius 2 is 2.10 bits per heavy atom. The van der Waals surface area contributed by atoms with Crippen LogP contribution in [0.25, 0.3) is 0 Å². The van der Waals surface area contributed by atoms with Crippen LogP contribution in [0.1, 0.15) is 38.3 Å². The van der Waals surface area contributed by atoms with Crippen LogP contribution in [0.15, 0.2) is 24.9 Å².